The van der Waals surface area contributed by atoms with Crippen molar-refractivity contribution in [2.45, 2.75) is 30.3 Å². The van der Waals surface area contributed by atoms with Crippen molar-refractivity contribution in [3.63, 3.8) is 0 Å². The van der Waals surface area contributed by atoms with Gasteiger partial charge in [-0.1, -0.05) is 0 Å². The van der Waals surface area contributed by atoms with Crippen LogP contribution >= 0.6 is 0 Å². The van der Waals surface area contributed by atoms with E-state index in [1.54, 1.807) is 0 Å². The summed E-state index contributed by atoms with van der Waals surface area (Å²) < 4.78 is 7.83. The fraction of sp³-hybridized carbons (Fsp3) is 0.400. The van der Waals surface area contributed by atoms with Gasteiger partial charge in [0.15, 0.2) is 0 Å². The molecule has 1 atom stereocenters. The third-order valence-corrected chi connectivity index (χ3v) is 5.35. The minimum atomic E-state index is -0.889. The van der Waals surface area contributed by atoms with Crippen LogP contribution in [-0.4, -0.2) is 39.1 Å². The van der Waals surface area contributed by atoms with Gasteiger partial charge in [-0.2, -0.15) is 0 Å². The quantitative estimate of drug-likeness (QED) is 0.345. The number of benzene rings is 1. The molecule has 1 aromatic carbocycles. The standard InChI is InChI=1S/C15H20O3Te/c1-3-4-10-19-11-13(15(17)18-2)14(16)12-8-6-5-7-9-12/h5-9,11,14,16H,3-4,10H2,1-2H3/b13-11-. The molecule has 0 radical (unpaired) electrons. The van der Waals surface area contributed by atoms with Crippen LogP contribution in [0.5, 0.6) is 0 Å². The maximum atomic E-state index is 11.8. The minimum absolute atomic E-state index is 0.382. The summed E-state index contributed by atoms with van der Waals surface area (Å²) in [5.74, 6) is -0.432. The Hall–Kier alpha value is -0.820. The van der Waals surface area contributed by atoms with Gasteiger partial charge in [-0.05, 0) is 0 Å². The molecule has 0 aliphatic rings. The molecule has 4 heteroatoms. The molecule has 1 unspecified atom stereocenters. The molecule has 0 heterocycles. The second-order valence-corrected chi connectivity index (χ2v) is 6.89. The van der Waals surface area contributed by atoms with Gasteiger partial charge in [-0.15, -0.1) is 0 Å². The van der Waals surface area contributed by atoms with Crippen molar-refractivity contribution in [1.29, 1.82) is 0 Å². The van der Waals surface area contributed by atoms with E-state index < -0.39 is 12.1 Å². The van der Waals surface area contributed by atoms with E-state index in [1.165, 1.54) is 13.5 Å². The summed E-state index contributed by atoms with van der Waals surface area (Å²) in [7, 11) is 1.35. The summed E-state index contributed by atoms with van der Waals surface area (Å²) in [5, 5.41) is 10.3. The van der Waals surface area contributed by atoms with Crippen LogP contribution in [-0.2, 0) is 9.53 Å². The molecule has 0 amide bonds. The van der Waals surface area contributed by atoms with E-state index in [-0.39, 0.29) is 20.9 Å². The zero-order valence-corrected chi connectivity index (χ0v) is 13.7. The Morgan fingerprint density at radius 3 is 2.68 bits per heavy atom. The first-order valence-corrected chi connectivity index (χ1v) is 9.33. The third-order valence-electron chi connectivity index (χ3n) is 2.66. The second-order valence-electron chi connectivity index (χ2n) is 4.10. The predicted octanol–water partition coefficient (Wildman–Crippen LogP) is 2.70. The Labute approximate surface area is 124 Å². The molecule has 19 heavy (non-hydrogen) atoms. The number of hydrogen-bond acceptors (Lipinski definition) is 3. The molecule has 0 aliphatic heterocycles. The van der Waals surface area contributed by atoms with Crippen LogP contribution in [0.1, 0.15) is 31.4 Å². The molecule has 0 bridgehead atoms. The van der Waals surface area contributed by atoms with E-state index in [9.17, 15) is 9.90 Å². The topological polar surface area (TPSA) is 46.5 Å². The average Bonchev–Trinajstić information content (AvgIpc) is 2.47. The first-order valence-electron chi connectivity index (χ1n) is 6.33. The van der Waals surface area contributed by atoms with Crippen LogP contribution in [0.4, 0.5) is 0 Å². The van der Waals surface area contributed by atoms with Crippen molar-refractivity contribution < 1.29 is 14.6 Å². The van der Waals surface area contributed by atoms with Gasteiger partial charge >= 0.3 is 125 Å². The number of aliphatic hydroxyl groups excluding tert-OH is 1. The van der Waals surface area contributed by atoms with Crippen LogP contribution in [0.15, 0.2) is 40.0 Å². The van der Waals surface area contributed by atoms with Gasteiger partial charge in [0.25, 0.3) is 0 Å². The molecule has 0 spiro atoms. The summed E-state index contributed by atoms with van der Waals surface area (Å²) in [6, 6.07) is 9.21. The van der Waals surface area contributed by atoms with Gasteiger partial charge in [0.1, 0.15) is 0 Å². The SMILES string of the molecule is CCCC[Te]/C=C(\C(=O)OC)C(O)c1ccccc1. The number of carbonyl (C=O) groups excluding carboxylic acids is 1. The molecular formula is C15H20O3Te. The van der Waals surface area contributed by atoms with Crippen LogP contribution < -0.4 is 0 Å². The number of carbonyl (C=O) groups is 1. The molecule has 1 rings (SSSR count). The van der Waals surface area contributed by atoms with E-state index in [2.05, 4.69) is 6.92 Å². The Bertz CT molecular complexity index is 415. The zero-order valence-electron chi connectivity index (χ0n) is 11.3. The van der Waals surface area contributed by atoms with Gasteiger partial charge in [-0.3, -0.25) is 0 Å². The molecule has 1 aromatic rings. The predicted molar refractivity (Wildman–Crippen MR) is 77.0 cm³/mol. The normalized spacial score (nSPS) is 13.1. The molecule has 0 aromatic heterocycles. The van der Waals surface area contributed by atoms with Gasteiger partial charge < -0.3 is 0 Å². The van der Waals surface area contributed by atoms with E-state index >= 15 is 0 Å². The number of unbranched alkanes of at least 4 members (excludes halogenated alkanes) is 1. The molecule has 1 N–H and O–H groups in total. The Morgan fingerprint density at radius 2 is 2.11 bits per heavy atom. The average molecular weight is 376 g/mol. The Morgan fingerprint density at radius 1 is 1.42 bits per heavy atom. The molecule has 104 valence electrons. The molecule has 0 saturated heterocycles. The van der Waals surface area contributed by atoms with Gasteiger partial charge in [0.05, 0.1) is 0 Å². The number of hydrogen-bond donors (Lipinski definition) is 1. The van der Waals surface area contributed by atoms with Crippen molar-refractivity contribution in [3.05, 3.63) is 45.6 Å². The number of ether oxygens (including phenoxy) is 1. The maximum absolute atomic E-state index is 11.8. The zero-order chi connectivity index (χ0) is 14.1. The van der Waals surface area contributed by atoms with Crippen molar-refractivity contribution >= 4 is 26.9 Å². The van der Waals surface area contributed by atoms with Crippen LogP contribution in [0.2, 0.25) is 4.47 Å². The van der Waals surface area contributed by atoms with Crippen LogP contribution in [0.25, 0.3) is 0 Å². The van der Waals surface area contributed by atoms with E-state index in [1.807, 2.05) is 34.5 Å². The summed E-state index contributed by atoms with van der Waals surface area (Å²) in [6.07, 6.45) is 1.45. The number of rotatable bonds is 7. The fourth-order valence-electron chi connectivity index (χ4n) is 1.53. The Balaban J connectivity index is 2.82. The van der Waals surface area contributed by atoms with Crippen molar-refractivity contribution in [2.24, 2.45) is 0 Å². The number of aliphatic hydroxyl groups is 1. The van der Waals surface area contributed by atoms with Crippen molar-refractivity contribution in [1.82, 2.24) is 0 Å². The first-order chi connectivity index (χ1) is 9.20. The van der Waals surface area contributed by atoms with Gasteiger partial charge in [0, 0.05) is 0 Å². The number of methoxy groups -OCH3 is 1. The third kappa shape index (κ3) is 5.36. The summed E-state index contributed by atoms with van der Waals surface area (Å²) in [4.78, 5) is 11.8. The van der Waals surface area contributed by atoms with E-state index in [0.717, 1.165) is 16.5 Å². The van der Waals surface area contributed by atoms with E-state index in [4.69, 9.17) is 4.74 Å². The molecule has 3 nitrogen and oxygen atoms in total. The van der Waals surface area contributed by atoms with Crippen LogP contribution in [0, 0.1) is 0 Å². The Kier molecular flexibility index (Phi) is 7.81. The van der Waals surface area contributed by atoms with E-state index in [0.29, 0.717) is 5.57 Å². The summed E-state index contributed by atoms with van der Waals surface area (Å²) >= 11 is -0.390. The molecule has 0 saturated carbocycles. The monoisotopic (exact) mass is 378 g/mol. The summed E-state index contributed by atoms with van der Waals surface area (Å²) in [6.45, 7) is 2.15. The first kappa shape index (κ1) is 16.2. The number of esters is 1. The summed E-state index contributed by atoms with van der Waals surface area (Å²) in [5.41, 5.74) is 1.11. The fourth-order valence-corrected chi connectivity index (χ4v) is 4.32. The van der Waals surface area contributed by atoms with Gasteiger partial charge in [-0.25, -0.2) is 0 Å². The molecule has 0 fully saturated rings. The second kappa shape index (κ2) is 9.14. The van der Waals surface area contributed by atoms with Crippen molar-refractivity contribution in [3.8, 4) is 0 Å². The van der Waals surface area contributed by atoms with Crippen molar-refractivity contribution in [2.75, 3.05) is 7.11 Å². The van der Waals surface area contributed by atoms with Gasteiger partial charge in [0.2, 0.25) is 0 Å². The molecular weight excluding hydrogens is 356 g/mol. The molecule has 0 aliphatic carbocycles. The van der Waals surface area contributed by atoms with Crippen LogP contribution in [0.3, 0.4) is 0 Å².